The molecule has 0 amide bonds. The number of likely N-dealkylation sites (tertiary alicyclic amines) is 1. The fourth-order valence-corrected chi connectivity index (χ4v) is 3.90. The first-order chi connectivity index (χ1) is 13.3. The predicted octanol–water partition coefficient (Wildman–Crippen LogP) is 2.69. The monoisotopic (exact) mass is 515 g/mol. The number of piperazine rings is 1. The van der Waals surface area contributed by atoms with E-state index < -0.39 is 0 Å². The van der Waals surface area contributed by atoms with E-state index in [1.807, 2.05) is 18.5 Å². The number of aliphatic imine (C=N–C) groups is 1. The van der Waals surface area contributed by atoms with Crippen LogP contribution in [0, 0.1) is 5.41 Å². The zero-order chi connectivity index (χ0) is 20.2. The van der Waals surface area contributed by atoms with Crippen LogP contribution in [-0.4, -0.2) is 83.6 Å². The molecule has 3 heterocycles. The molecule has 0 aromatic carbocycles. The summed E-state index contributed by atoms with van der Waals surface area (Å²) in [6.07, 6.45) is 4.72. The van der Waals surface area contributed by atoms with Gasteiger partial charge in [0.25, 0.3) is 0 Å². The Bertz CT molecular complexity index is 654. The minimum atomic E-state index is 0. The smallest absolute Gasteiger partial charge is 0.225 e. The maximum atomic E-state index is 4.92. The predicted molar refractivity (Wildman–Crippen MR) is 131 cm³/mol. The lowest BCUT2D eigenvalue weighted by atomic mass is 9.65. The first-order valence-corrected chi connectivity index (χ1v) is 10.7. The molecule has 164 valence electrons. The molecule has 1 N–H and O–H groups in total. The summed E-state index contributed by atoms with van der Waals surface area (Å²) in [6.45, 7) is 19.5. The van der Waals surface area contributed by atoms with Crippen LogP contribution < -0.4 is 10.2 Å². The summed E-state index contributed by atoms with van der Waals surface area (Å²) in [5.74, 6) is 1.92. The van der Waals surface area contributed by atoms with Crippen molar-refractivity contribution in [2.75, 3.05) is 57.3 Å². The van der Waals surface area contributed by atoms with Crippen molar-refractivity contribution in [1.82, 2.24) is 25.1 Å². The van der Waals surface area contributed by atoms with Gasteiger partial charge in [0, 0.05) is 75.7 Å². The Hall–Kier alpha value is -1.16. The second kappa shape index (κ2) is 10.2. The Morgan fingerprint density at radius 1 is 1.10 bits per heavy atom. The third kappa shape index (κ3) is 5.51. The van der Waals surface area contributed by atoms with E-state index in [9.17, 15) is 0 Å². The molecule has 2 saturated heterocycles. The molecule has 7 nitrogen and oxygen atoms in total. The molecule has 2 aliphatic heterocycles. The van der Waals surface area contributed by atoms with Crippen molar-refractivity contribution in [2.24, 2.45) is 10.4 Å². The van der Waals surface area contributed by atoms with Crippen molar-refractivity contribution < 1.29 is 0 Å². The van der Waals surface area contributed by atoms with Crippen molar-refractivity contribution in [3.63, 3.8) is 0 Å². The number of hydrogen-bond acceptors (Lipinski definition) is 5. The van der Waals surface area contributed by atoms with Crippen LogP contribution in [-0.2, 0) is 0 Å². The fourth-order valence-electron chi connectivity index (χ4n) is 3.90. The maximum Gasteiger partial charge on any atom is 0.225 e. The van der Waals surface area contributed by atoms with Gasteiger partial charge in [-0.1, -0.05) is 13.8 Å². The molecule has 2 aliphatic rings. The number of nitrogens with zero attached hydrogens (tertiary/aromatic N) is 6. The molecule has 3 rings (SSSR count). The van der Waals surface area contributed by atoms with E-state index >= 15 is 0 Å². The van der Waals surface area contributed by atoms with Crippen molar-refractivity contribution in [2.45, 2.75) is 46.6 Å². The lowest BCUT2D eigenvalue weighted by Crippen LogP contribution is -2.72. The third-order valence-electron chi connectivity index (χ3n) is 6.58. The standard InChI is InChI=1S/C21H37N7.HI/c1-6-22-19(28-17-20(2,3)21(28,4)5)25-11-8-12-26-13-15-27(16-14-26)18-23-9-7-10-24-18;/h7,9-10H,6,8,11-17H2,1-5H3,(H,22,25);1H. The Kier molecular flexibility index (Phi) is 8.51. The number of anilines is 1. The number of halogens is 1. The Morgan fingerprint density at radius 3 is 2.31 bits per heavy atom. The molecular formula is C21H38IN7. The molecule has 8 heteroatoms. The molecular weight excluding hydrogens is 477 g/mol. The molecule has 1 aromatic rings. The molecule has 0 aliphatic carbocycles. The molecule has 1 aromatic heterocycles. The van der Waals surface area contributed by atoms with E-state index in [1.165, 1.54) is 0 Å². The van der Waals surface area contributed by atoms with Crippen LogP contribution in [0.5, 0.6) is 0 Å². The molecule has 2 fully saturated rings. The normalized spacial score (nSPS) is 21.3. The van der Waals surface area contributed by atoms with E-state index in [-0.39, 0.29) is 29.5 Å². The van der Waals surface area contributed by atoms with Crippen molar-refractivity contribution in [1.29, 1.82) is 0 Å². The summed E-state index contributed by atoms with van der Waals surface area (Å²) in [4.78, 5) is 20.9. The van der Waals surface area contributed by atoms with Crippen LogP contribution in [0.15, 0.2) is 23.5 Å². The molecule has 0 bridgehead atoms. The fraction of sp³-hybridized carbons (Fsp3) is 0.762. The highest BCUT2D eigenvalue weighted by Gasteiger charge is 2.53. The van der Waals surface area contributed by atoms with Gasteiger partial charge in [-0.3, -0.25) is 9.89 Å². The summed E-state index contributed by atoms with van der Waals surface area (Å²) in [6, 6.07) is 1.87. The Morgan fingerprint density at radius 2 is 1.76 bits per heavy atom. The number of guanidine groups is 1. The molecule has 0 spiro atoms. The van der Waals surface area contributed by atoms with Crippen LogP contribution in [0.25, 0.3) is 0 Å². The highest BCUT2D eigenvalue weighted by Crippen LogP contribution is 2.46. The van der Waals surface area contributed by atoms with Crippen molar-refractivity contribution in [3.8, 4) is 0 Å². The molecule has 0 saturated carbocycles. The molecule has 29 heavy (non-hydrogen) atoms. The Balaban J connectivity index is 0.00000300. The minimum absolute atomic E-state index is 0. The Labute approximate surface area is 193 Å². The zero-order valence-corrected chi connectivity index (χ0v) is 21.0. The molecule has 0 atom stereocenters. The van der Waals surface area contributed by atoms with Crippen LogP contribution in [0.1, 0.15) is 41.0 Å². The third-order valence-corrected chi connectivity index (χ3v) is 6.58. The number of nitrogens with one attached hydrogen (secondary N) is 1. The lowest BCUT2D eigenvalue weighted by Gasteiger charge is -2.62. The van der Waals surface area contributed by atoms with E-state index in [1.54, 1.807) is 0 Å². The van der Waals surface area contributed by atoms with Gasteiger partial charge in [-0.2, -0.15) is 0 Å². The second-order valence-corrected chi connectivity index (χ2v) is 9.00. The molecule has 0 radical (unpaired) electrons. The van der Waals surface area contributed by atoms with E-state index in [0.717, 1.165) is 70.7 Å². The van der Waals surface area contributed by atoms with Gasteiger partial charge in [-0.25, -0.2) is 9.97 Å². The van der Waals surface area contributed by atoms with Crippen LogP contribution in [0.4, 0.5) is 5.95 Å². The number of rotatable bonds is 6. The summed E-state index contributed by atoms with van der Waals surface area (Å²) in [5, 5.41) is 3.48. The van der Waals surface area contributed by atoms with Crippen LogP contribution in [0.3, 0.4) is 0 Å². The average molecular weight is 515 g/mol. The first kappa shape index (κ1) is 24.1. The van der Waals surface area contributed by atoms with Crippen LogP contribution >= 0.6 is 24.0 Å². The lowest BCUT2D eigenvalue weighted by molar-refractivity contribution is -0.0667. The summed E-state index contributed by atoms with van der Waals surface area (Å²) in [7, 11) is 0. The largest absolute Gasteiger partial charge is 0.356 e. The van der Waals surface area contributed by atoms with E-state index in [0.29, 0.717) is 5.41 Å². The van der Waals surface area contributed by atoms with E-state index in [4.69, 9.17) is 4.99 Å². The number of hydrogen-bond donors (Lipinski definition) is 1. The second-order valence-electron chi connectivity index (χ2n) is 9.00. The summed E-state index contributed by atoms with van der Waals surface area (Å²) < 4.78 is 0. The topological polar surface area (TPSA) is 59.9 Å². The van der Waals surface area contributed by atoms with Gasteiger partial charge in [0.05, 0.1) is 0 Å². The van der Waals surface area contributed by atoms with Gasteiger partial charge in [-0.05, 0) is 33.3 Å². The van der Waals surface area contributed by atoms with Gasteiger partial charge in [-0.15, -0.1) is 24.0 Å². The first-order valence-electron chi connectivity index (χ1n) is 10.7. The quantitative estimate of drug-likeness (QED) is 0.272. The highest BCUT2D eigenvalue weighted by atomic mass is 127. The van der Waals surface area contributed by atoms with Crippen molar-refractivity contribution >= 4 is 35.9 Å². The van der Waals surface area contributed by atoms with Gasteiger partial charge in [0.2, 0.25) is 5.95 Å². The van der Waals surface area contributed by atoms with Gasteiger partial charge >= 0.3 is 0 Å². The zero-order valence-electron chi connectivity index (χ0n) is 18.7. The minimum Gasteiger partial charge on any atom is -0.356 e. The van der Waals surface area contributed by atoms with Crippen molar-refractivity contribution in [3.05, 3.63) is 18.5 Å². The summed E-state index contributed by atoms with van der Waals surface area (Å²) >= 11 is 0. The van der Waals surface area contributed by atoms with Gasteiger partial charge < -0.3 is 15.1 Å². The van der Waals surface area contributed by atoms with Gasteiger partial charge in [0.1, 0.15) is 0 Å². The number of aromatic nitrogens is 2. The molecule has 0 unspecified atom stereocenters. The van der Waals surface area contributed by atoms with Gasteiger partial charge in [0.15, 0.2) is 5.96 Å². The highest BCUT2D eigenvalue weighted by molar-refractivity contribution is 14.0. The summed E-state index contributed by atoms with van der Waals surface area (Å²) in [5.41, 5.74) is 0.467. The average Bonchev–Trinajstić information content (AvgIpc) is 2.70. The SMILES string of the molecule is CCNC(=NCCCN1CCN(c2ncccn2)CC1)N1CC(C)(C)C1(C)C.I. The van der Waals surface area contributed by atoms with Crippen LogP contribution in [0.2, 0.25) is 0 Å². The van der Waals surface area contributed by atoms with E-state index in [2.05, 4.69) is 64.6 Å². The maximum absolute atomic E-state index is 4.92.